The van der Waals surface area contributed by atoms with Crippen molar-refractivity contribution in [2.75, 3.05) is 30.1 Å². The lowest BCUT2D eigenvalue weighted by Crippen LogP contribution is -2.21. The molecule has 0 spiro atoms. The first kappa shape index (κ1) is 19.5. The Kier molecular flexibility index (Phi) is 6.68. The number of anilines is 3. The van der Waals surface area contributed by atoms with Crippen molar-refractivity contribution in [2.24, 2.45) is 5.10 Å². The second kappa shape index (κ2) is 9.60. The summed E-state index contributed by atoms with van der Waals surface area (Å²) in [7, 11) is 1.70. The van der Waals surface area contributed by atoms with E-state index in [0.717, 1.165) is 41.5 Å². The molecule has 0 aliphatic rings. The van der Waals surface area contributed by atoms with E-state index < -0.39 is 0 Å². The molecule has 4 nitrogen and oxygen atoms in total. The van der Waals surface area contributed by atoms with E-state index in [1.807, 2.05) is 71.9 Å². The van der Waals surface area contributed by atoms with Crippen LogP contribution in [-0.4, -0.2) is 26.4 Å². The molecular weight excluding hydrogens is 346 g/mol. The summed E-state index contributed by atoms with van der Waals surface area (Å²) in [6, 6.07) is 26.5. The molecular formula is C24H27N3O. The Hall–Kier alpha value is -3.27. The molecule has 3 aromatic carbocycles. The Morgan fingerprint density at radius 3 is 1.86 bits per heavy atom. The van der Waals surface area contributed by atoms with Crippen molar-refractivity contribution in [3.63, 3.8) is 0 Å². The average Bonchev–Trinajstić information content (AvgIpc) is 2.77. The van der Waals surface area contributed by atoms with Gasteiger partial charge >= 0.3 is 0 Å². The van der Waals surface area contributed by atoms with Crippen LogP contribution in [0, 0.1) is 0 Å². The van der Waals surface area contributed by atoms with Gasteiger partial charge in [-0.05, 0) is 50.2 Å². The number of rotatable bonds is 8. The van der Waals surface area contributed by atoms with Gasteiger partial charge in [-0.15, -0.1) is 0 Å². The van der Waals surface area contributed by atoms with Gasteiger partial charge < -0.3 is 9.64 Å². The predicted molar refractivity (Wildman–Crippen MR) is 119 cm³/mol. The lowest BCUT2D eigenvalue weighted by atomic mass is 10.2. The van der Waals surface area contributed by atoms with E-state index in [0.29, 0.717) is 0 Å². The van der Waals surface area contributed by atoms with Crippen molar-refractivity contribution in [3.8, 4) is 5.75 Å². The Labute approximate surface area is 167 Å². The van der Waals surface area contributed by atoms with Gasteiger partial charge in [-0.2, -0.15) is 5.10 Å². The van der Waals surface area contributed by atoms with Crippen LogP contribution in [0.4, 0.5) is 17.1 Å². The van der Waals surface area contributed by atoms with Gasteiger partial charge in [-0.1, -0.05) is 36.4 Å². The van der Waals surface area contributed by atoms with Crippen LogP contribution in [0.2, 0.25) is 0 Å². The highest BCUT2D eigenvalue weighted by atomic mass is 16.5. The van der Waals surface area contributed by atoms with E-state index in [2.05, 4.69) is 36.9 Å². The third-order valence-electron chi connectivity index (χ3n) is 4.66. The molecule has 4 heteroatoms. The molecule has 0 saturated carbocycles. The lowest BCUT2D eigenvalue weighted by Gasteiger charge is -2.22. The number of hydrogen-bond donors (Lipinski definition) is 0. The van der Waals surface area contributed by atoms with Gasteiger partial charge in [0.1, 0.15) is 5.75 Å². The molecule has 0 atom stereocenters. The molecule has 3 rings (SSSR count). The van der Waals surface area contributed by atoms with Gasteiger partial charge in [0.25, 0.3) is 0 Å². The van der Waals surface area contributed by atoms with Gasteiger partial charge in [0, 0.05) is 30.4 Å². The molecule has 3 aromatic rings. The Bertz CT molecular complexity index is 851. The van der Waals surface area contributed by atoms with Crippen LogP contribution in [0.3, 0.4) is 0 Å². The van der Waals surface area contributed by atoms with Gasteiger partial charge in [-0.3, -0.25) is 0 Å². The summed E-state index contributed by atoms with van der Waals surface area (Å²) in [5.74, 6) is 0.814. The summed E-state index contributed by atoms with van der Waals surface area (Å²) in [6.45, 7) is 6.23. The minimum absolute atomic E-state index is 0.814. The van der Waals surface area contributed by atoms with Crippen molar-refractivity contribution < 1.29 is 4.74 Å². The summed E-state index contributed by atoms with van der Waals surface area (Å²) >= 11 is 0. The first-order chi connectivity index (χ1) is 13.8. The lowest BCUT2D eigenvalue weighted by molar-refractivity contribution is 0.414. The minimum atomic E-state index is 0.814. The highest BCUT2D eigenvalue weighted by Gasteiger charge is 2.09. The molecule has 0 aromatic heterocycles. The fourth-order valence-corrected chi connectivity index (χ4v) is 3.13. The summed E-state index contributed by atoms with van der Waals surface area (Å²) in [5, 5.41) is 6.70. The van der Waals surface area contributed by atoms with Gasteiger partial charge in [0.2, 0.25) is 0 Å². The second-order valence-electron chi connectivity index (χ2n) is 6.33. The third-order valence-corrected chi connectivity index (χ3v) is 4.66. The molecule has 0 unspecified atom stereocenters. The topological polar surface area (TPSA) is 28.1 Å². The number of para-hydroxylation sites is 2. The average molecular weight is 374 g/mol. The second-order valence-corrected chi connectivity index (χ2v) is 6.33. The molecule has 0 saturated heterocycles. The normalized spacial score (nSPS) is 10.8. The minimum Gasteiger partial charge on any atom is -0.496 e. The first-order valence-electron chi connectivity index (χ1n) is 9.64. The molecule has 0 aliphatic heterocycles. The largest absolute Gasteiger partial charge is 0.496 e. The van der Waals surface area contributed by atoms with E-state index >= 15 is 0 Å². The summed E-state index contributed by atoms with van der Waals surface area (Å²) in [6.07, 6.45) is 1.85. The first-order valence-corrected chi connectivity index (χ1v) is 9.64. The summed E-state index contributed by atoms with van der Waals surface area (Å²) in [5.41, 5.74) is 4.10. The van der Waals surface area contributed by atoms with Gasteiger partial charge in [0.05, 0.1) is 24.7 Å². The molecule has 0 aliphatic carbocycles. The number of methoxy groups -OCH3 is 1. The van der Waals surface area contributed by atoms with Crippen LogP contribution in [0.25, 0.3) is 0 Å². The van der Waals surface area contributed by atoms with E-state index in [9.17, 15) is 0 Å². The molecule has 0 bridgehead atoms. The van der Waals surface area contributed by atoms with E-state index in [4.69, 9.17) is 9.84 Å². The molecule has 0 amide bonds. The fourth-order valence-electron chi connectivity index (χ4n) is 3.13. The fraction of sp³-hybridized carbons (Fsp3) is 0.208. The number of hydrogen-bond acceptors (Lipinski definition) is 4. The number of nitrogens with zero attached hydrogens (tertiary/aromatic N) is 3. The zero-order valence-corrected chi connectivity index (χ0v) is 16.7. The zero-order chi connectivity index (χ0) is 19.8. The van der Waals surface area contributed by atoms with Gasteiger partial charge in [-0.25, -0.2) is 5.01 Å². The quantitative estimate of drug-likeness (QED) is 0.374. The van der Waals surface area contributed by atoms with Crippen LogP contribution in [0.5, 0.6) is 5.75 Å². The summed E-state index contributed by atoms with van der Waals surface area (Å²) < 4.78 is 5.63. The van der Waals surface area contributed by atoms with Crippen molar-refractivity contribution in [3.05, 3.63) is 84.4 Å². The van der Waals surface area contributed by atoms with Crippen molar-refractivity contribution in [1.82, 2.24) is 0 Å². The van der Waals surface area contributed by atoms with Crippen molar-refractivity contribution >= 4 is 23.3 Å². The molecule has 144 valence electrons. The summed E-state index contributed by atoms with van der Waals surface area (Å²) in [4.78, 5) is 2.30. The number of benzene rings is 3. The van der Waals surface area contributed by atoms with Crippen LogP contribution < -0.4 is 14.6 Å². The Morgan fingerprint density at radius 2 is 1.36 bits per heavy atom. The smallest absolute Gasteiger partial charge is 0.129 e. The van der Waals surface area contributed by atoms with E-state index in [1.54, 1.807) is 7.11 Å². The standard InChI is InChI=1S/C24H27N3O/c1-4-26(5-2)23-17-16-20(24(18-23)28-3)19-25-27(21-12-8-6-9-13-21)22-14-10-7-11-15-22/h6-19H,4-5H2,1-3H3/b25-19+. The highest BCUT2D eigenvalue weighted by Crippen LogP contribution is 2.27. The molecule has 0 N–H and O–H groups in total. The maximum absolute atomic E-state index is 5.63. The number of ether oxygens (including phenoxy) is 1. The molecule has 28 heavy (non-hydrogen) atoms. The maximum atomic E-state index is 5.63. The maximum Gasteiger partial charge on any atom is 0.129 e. The van der Waals surface area contributed by atoms with Crippen LogP contribution >= 0.6 is 0 Å². The Morgan fingerprint density at radius 1 is 0.786 bits per heavy atom. The van der Waals surface area contributed by atoms with Crippen LogP contribution in [-0.2, 0) is 0 Å². The van der Waals surface area contributed by atoms with Crippen LogP contribution in [0.15, 0.2) is 84.0 Å². The van der Waals surface area contributed by atoms with Crippen molar-refractivity contribution in [1.29, 1.82) is 0 Å². The molecule has 0 heterocycles. The van der Waals surface area contributed by atoms with E-state index in [1.165, 1.54) is 0 Å². The predicted octanol–water partition coefficient (Wildman–Crippen LogP) is 5.71. The third kappa shape index (κ3) is 4.52. The van der Waals surface area contributed by atoms with Crippen molar-refractivity contribution in [2.45, 2.75) is 13.8 Å². The number of hydrazone groups is 1. The molecule has 0 fully saturated rings. The highest BCUT2D eigenvalue weighted by molar-refractivity contribution is 5.86. The van der Waals surface area contributed by atoms with E-state index in [-0.39, 0.29) is 0 Å². The van der Waals surface area contributed by atoms with Gasteiger partial charge in [0.15, 0.2) is 0 Å². The molecule has 0 radical (unpaired) electrons. The SMILES string of the molecule is CCN(CC)c1ccc(/C=N/N(c2ccccc2)c2ccccc2)c(OC)c1. The van der Waals surface area contributed by atoms with Crippen LogP contribution in [0.1, 0.15) is 19.4 Å². The monoisotopic (exact) mass is 373 g/mol. The zero-order valence-electron chi connectivity index (χ0n) is 16.7. The Balaban J connectivity index is 1.95.